The molecule has 0 spiro atoms. The van der Waals surface area contributed by atoms with E-state index in [2.05, 4.69) is 22.2 Å². The Kier molecular flexibility index (Phi) is 7.10. The number of halogens is 1. The zero-order valence-electron chi connectivity index (χ0n) is 12.0. The quantitative estimate of drug-likeness (QED) is 0.718. The Morgan fingerprint density at radius 2 is 2.05 bits per heavy atom. The predicted molar refractivity (Wildman–Crippen MR) is 79.7 cm³/mol. The Labute approximate surface area is 120 Å². The van der Waals surface area contributed by atoms with Crippen molar-refractivity contribution in [3.63, 3.8) is 0 Å². The molecule has 1 aromatic rings. The minimum atomic E-state index is 0.230. The van der Waals surface area contributed by atoms with Crippen molar-refractivity contribution in [1.82, 2.24) is 9.97 Å². The molecule has 1 rings (SSSR count). The van der Waals surface area contributed by atoms with Crippen LogP contribution in [0.1, 0.15) is 51.8 Å². The molecule has 108 valence electrons. The zero-order chi connectivity index (χ0) is 14.3. The van der Waals surface area contributed by atoms with Gasteiger partial charge in [-0.15, -0.1) is 0 Å². The van der Waals surface area contributed by atoms with Crippen LogP contribution in [-0.4, -0.2) is 28.2 Å². The lowest BCUT2D eigenvalue weighted by Crippen LogP contribution is -2.17. The smallest absolute Gasteiger partial charge is 0.135 e. The van der Waals surface area contributed by atoms with Crippen LogP contribution in [0.25, 0.3) is 0 Å². The van der Waals surface area contributed by atoms with Crippen LogP contribution < -0.4 is 5.32 Å². The summed E-state index contributed by atoms with van der Waals surface area (Å²) in [5.74, 6) is 2.24. The molecule has 0 saturated carbocycles. The van der Waals surface area contributed by atoms with Crippen molar-refractivity contribution in [2.75, 3.05) is 18.5 Å². The molecule has 0 aliphatic rings. The number of nitrogens with one attached hydrogen (secondary N) is 1. The Bertz CT molecular complexity index is 379. The maximum atomic E-state index is 9.05. The van der Waals surface area contributed by atoms with Crippen molar-refractivity contribution < 1.29 is 5.11 Å². The number of hydrogen-bond acceptors (Lipinski definition) is 4. The second kappa shape index (κ2) is 8.33. The van der Waals surface area contributed by atoms with E-state index in [-0.39, 0.29) is 12.5 Å². The number of anilines is 1. The summed E-state index contributed by atoms with van der Waals surface area (Å²) in [5.41, 5.74) is 0. The van der Waals surface area contributed by atoms with E-state index in [9.17, 15) is 0 Å². The second-order valence-electron chi connectivity index (χ2n) is 5.14. The van der Waals surface area contributed by atoms with Crippen molar-refractivity contribution in [2.24, 2.45) is 5.92 Å². The van der Waals surface area contributed by atoms with Crippen LogP contribution >= 0.6 is 11.6 Å². The van der Waals surface area contributed by atoms with Gasteiger partial charge in [-0.25, -0.2) is 9.97 Å². The van der Waals surface area contributed by atoms with E-state index in [4.69, 9.17) is 16.7 Å². The summed E-state index contributed by atoms with van der Waals surface area (Å²) in [4.78, 5) is 8.66. The van der Waals surface area contributed by atoms with E-state index >= 15 is 0 Å². The van der Waals surface area contributed by atoms with Gasteiger partial charge < -0.3 is 10.4 Å². The van der Waals surface area contributed by atoms with Gasteiger partial charge in [0.25, 0.3) is 0 Å². The van der Waals surface area contributed by atoms with Gasteiger partial charge in [-0.1, -0.05) is 38.8 Å². The van der Waals surface area contributed by atoms with Gasteiger partial charge in [-0.2, -0.15) is 0 Å². The molecule has 4 nitrogen and oxygen atoms in total. The largest absolute Gasteiger partial charge is 0.396 e. The van der Waals surface area contributed by atoms with Crippen molar-refractivity contribution in [2.45, 2.75) is 46.0 Å². The monoisotopic (exact) mass is 285 g/mol. The summed E-state index contributed by atoms with van der Waals surface area (Å²) in [5, 5.41) is 12.8. The first-order chi connectivity index (χ1) is 9.06. The fourth-order valence-corrected chi connectivity index (χ4v) is 2.16. The van der Waals surface area contributed by atoms with Crippen molar-refractivity contribution >= 4 is 17.4 Å². The third-order valence-electron chi connectivity index (χ3n) is 3.03. The van der Waals surface area contributed by atoms with Crippen LogP contribution in [0.15, 0.2) is 6.07 Å². The number of aromatic nitrogens is 2. The van der Waals surface area contributed by atoms with Gasteiger partial charge in [-0.3, -0.25) is 0 Å². The van der Waals surface area contributed by atoms with Gasteiger partial charge in [0.05, 0.1) is 0 Å². The summed E-state index contributed by atoms with van der Waals surface area (Å²) < 4.78 is 0. The van der Waals surface area contributed by atoms with E-state index in [0.29, 0.717) is 11.1 Å². The molecule has 1 unspecified atom stereocenters. The van der Waals surface area contributed by atoms with Gasteiger partial charge >= 0.3 is 0 Å². The molecule has 0 aliphatic carbocycles. The Hall–Kier alpha value is -0.870. The van der Waals surface area contributed by atoms with E-state index < -0.39 is 0 Å². The molecule has 0 amide bonds. The average Bonchev–Trinajstić information content (AvgIpc) is 2.36. The number of nitrogens with zero attached hydrogens (tertiary/aromatic N) is 2. The van der Waals surface area contributed by atoms with E-state index in [1.807, 2.05) is 13.8 Å². The number of aliphatic hydroxyl groups excluding tert-OH is 1. The summed E-state index contributed by atoms with van der Waals surface area (Å²) in [6, 6.07) is 1.75. The van der Waals surface area contributed by atoms with E-state index in [0.717, 1.165) is 37.4 Å². The lowest BCUT2D eigenvalue weighted by molar-refractivity contribution is 0.255. The fourth-order valence-electron chi connectivity index (χ4n) is 1.97. The number of hydrogen-bond donors (Lipinski definition) is 2. The fraction of sp³-hybridized carbons (Fsp3) is 0.714. The molecule has 1 aromatic heterocycles. The minimum absolute atomic E-state index is 0.230. The number of rotatable bonds is 8. The third-order valence-corrected chi connectivity index (χ3v) is 3.23. The highest BCUT2D eigenvalue weighted by Gasteiger charge is 2.10. The first-order valence-electron chi connectivity index (χ1n) is 6.96. The summed E-state index contributed by atoms with van der Waals surface area (Å²) in [7, 11) is 0. The standard InChI is InChI=1S/C14H24ClN3O/c1-4-5-11(6-7-19)9-16-13-8-12(15)17-14(18-13)10(2)3/h8,10-11,19H,4-7,9H2,1-3H3,(H,16,17,18). The average molecular weight is 286 g/mol. The molecule has 0 aromatic carbocycles. The Balaban J connectivity index is 2.65. The Morgan fingerprint density at radius 3 is 2.63 bits per heavy atom. The highest BCUT2D eigenvalue weighted by molar-refractivity contribution is 6.29. The van der Waals surface area contributed by atoms with Crippen LogP contribution in [0.3, 0.4) is 0 Å². The van der Waals surface area contributed by atoms with Gasteiger partial charge in [-0.05, 0) is 18.8 Å². The lowest BCUT2D eigenvalue weighted by atomic mass is 10.0. The minimum Gasteiger partial charge on any atom is -0.396 e. The molecule has 5 heteroatoms. The molecule has 1 atom stereocenters. The topological polar surface area (TPSA) is 58.0 Å². The van der Waals surface area contributed by atoms with Gasteiger partial charge in [0.2, 0.25) is 0 Å². The van der Waals surface area contributed by atoms with Crippen molar-refractivity contribution in [3.05, 3.63) is 17.0 Å². The third kappa shape index (κ3) is 5.74. The summed E-state index contributed by atoms with van der Waals surface area (Å²) in [6.07, 6.45) is 3.04. The molecule has 1 heterocycles. The van der Waals surface area contributed by atoms with Crippen molar-refractivity contribution in [3.8, 4) is 0 Å². The Morgan fingerprint density at radius 1 is 1.32 bits per heavy atom. The maximum Gasteiger partial charge on any atom is 0.135 e. The highest BCUT2D eigenvalue weighted by Crippen LogP contribution is 2.18. The molecule has 19 heavy (non-hydrogen) atoms. The summed E-state index contributed by atoms with van der Waals surface area (Å²) >= 11 is 6.00. The van der Waals surface area contributed by atoms with Crippen LogP contribution in [0.2, 0.25) is 5.15 Å². The SMILES string of the molecule is CCCC(CCO)CNc1cc(Cl)nc(C(C)C)n1. The molecule has 0 radical (unpaired) electrons. The van der Waals surface area contributed by atoms with E-state index in [1.54, 1.807) is 6.07 Å². The molecule has 0 aliphatic heterocycles. The molecular weight excluding hydrogens is 262 g/mol. The zero-order valence-corrected chi connectivity index (χ0v) is 12.7. The molecular formula is C14H24ClN3O. The second-order valence-corrected chi connectivity index (χ2v) is 5.52. The first kappa shape index (κ1) is 16.2. The first-order valence-corrected chi connectivity index (χ1v) is 7.33. The molecule has 2 N–H and O–H groups in total. The van der Waals surface area contributed by atoms with Gasteiger partial charge in [0, 0.05) is 25.1 Å². The normalized spacial score (nSPS) is 12.7. The van der Waals surface area contributed by atoms with Crippen LogP contribution in [0.5, 0.6) is 0 Å². The number of aliphatic hydroxyl groups is 1. The predicted octanol–water partition coefficient (Wildman–Crippen LogP) is 3.46. The summed E-state index contributed by atoms with van der Waals surface area (Å²) in [6.45, 7) is 7.28. The molecule has 0 bridgehead atoms. The van der Waals surface area contributed by atoms with Crippen LogP contribution in [-0.2, 0) is 0 Å². The maximum absolute atomic E-state index is 9.05. The van der Waals surface area contributed by atoms with Crippen LogP contribution in [0, 0.1) is 5.92 Å². The molecule has 0 fully saturated rings. The lowest BCUT2D eigenvalue weighted by Gasteiger charge is -2.16. The van der Waals surface area contributed by atoms with E-state index in [1.165, 1.54) is 0 Å². The van der Waals surface area contributed by atoms with Crippen molar-refractivity contribution in [1.29, 1.82) is 0 Å². The van der Waals surface area contributed by atoms with Gasteiger partial charge in [0.1, 0.15) is 16.8 Å². The van der Waals surface area contributed by atoms with Crippen LogP contribution in [0.4, 0.5) is 5.82 Å². The van der Waals surface area contributed by atoms with Gasteiger partial charge in [0.15, 0.2) is 0 Å². The highest BCUT2D eigenvalue weighted by atomic mass is 35.5. The molecule has 0 saturated heterocycles.